The summed E-state index contributed by atoms with van der Waals surface area (Å²) in [7, 11) is 0. The van der Waals surface area contributed by atoms with E-state index in [4.69, 9.17) is 25.8 Å². The molecular formula is C14H19ClN4O3. The van der Waals surface area contributed by atoms with Crippen molar-refractivity contribution in [1.29, 1.82) is 0 Å². The maximum Gasteiger partial charge on any atom is 0.228 e. The minimum atomic E-state index is 0.100. The zero-order valence-corrected chi connectivity index (χ0v) is 13.0. The van der Waals surface area contributed by atoms with Gasteiger partial charge in [-0.15, -0.1) is 0 Å². The summed E-state index contributed by atoms with van der Waals surface area (Å²) in [5.74, 6) is 1.51. The van der Waals surface area contributed by atoms with Gasteiger partial charge in [0.1, 0.15) is 23.2 Å². The van der Waals surface area contributed by atoms with Crippen LogP contribution in [0.25, 0.3) is 0 Å². The van der Waals surface area contributed by atoms with Crippen molar-refractivity contribution in [2.24, 2.45) is 0 Å². The van der Waals surface area contributed by atoms with E-state index in [9.17, 15) is 0 Å². The Labute approximate surface area is 134 Å². The van der Waals surface area contributed by atoms with E-state index in [2.05, 4.69) is 19.8 Å². The van der Waals surface area contributed by atoms with Crippen LogP contribution in [0.2, 0.25) is 5.15 Å². The number of hydrogen-bond acceptors (Lipinski definition) is 7. The molecule has 120 valence electrons. The van der Waals surface area contributed by atoms with Gasteiger partial charge in [0.05, 0.1) is 26.4 Å². The SMILES string of the molecule is Clc1cc(N2CCOCC2)nc(N2C[C@H]3OCCO[C@@H]3C2)n1. The van der Waals surface area contributed by atoms with Gasteiger partial charge in [-0.2, -0.15) is 4.98 Å². The molecule has 0 bridgehead atoms. The van der Waals surface area contributed by atoms with Gasteiger partial charge < -0.3 is 24.0 Å². The Morgan fingerprint density at radius 2 is 1.64 bits per heavy atom. The Kier molecular flexibility index (Phi) is 4.04. The summed E-state index contributed by atoms with van der Waals surface area (Å²) in [6, 6.07) is 1.81. The fraction of sp³-hybridized carbons (Fsp3) is 0.714. The summed E-state index contributed by atoms with van der Waals surface area (Å²) in [5.41, 5.74) is 0. The minimum Gasteiger partial charge on any atom is -0.378 e. The van der Waals surface area contributed by atoms with E-state index < -0.39 is 0 Å². The molecular weight excluding hydrogens is 308 g/mol. The molecule has 0 aliphatic carbocycles. The molecule has 0 spiro atoms. The Morgan fingerprint density at radius 3 is 2.32 bits per heavy atom. The van der Waals surface area contributed by atoms with Crippen LogP contribution in [0.4, 0.5) is 11.8 Å². The first-order chi connectivity index (χ1) is 10.8. The van der Waals surface area contributed by atoms with Gasteiger partial charge in [0, 0.05) is 32.2 Å². The third-order valence-corrected chi connectivity index (χ3v) is 4.44. The van der Waals surface area contributed by atoms with Gasteiger partial charge in [0.2, 0.25) is 5.95 Å². The van der Waals surface area contributed by atoms with Crippen molar-refractivity contribution in [1.82, 2.24) is 9.97 Å². The van der Waals surface area contributed by atoms with Crippen LogP contribution in [-0.2, 0) is 14.2 Å². The van der Waals surface area contributed by atoms with Gasteiger partial charge in [-0.05, 0) is 0 Å². The van der Waals surface area contributed by atoms with Crippen LogP contribution in [0.3, 0.4) is 0 Å². The van der Waals surface area contributed by atoms with Crippen molar-refractivity contribution in [3.05, 3.63) is 11.2 Å². The molecule has 1 aromatic rings. The van der Waals surface area contributed by atoms with E-state index in [0.717, 1.165) is 32.0 Å². The number of ether oxygens (including phenoxy) is 3. The summed E-state index contributed by atoms with van der Waals surface area (Å²) in [6.07, 6.45) is 0.200. The van der Waals surface area contributed by atoms with Crippen molar-refractivity contribution in [2.75, 3.05) is 62.4 Å². The molecule has 0 aromatic carbocycles. The number of nitrogens with zero attached hydrogens (tertiary/aromatic N) is 4. The number of halogens is 1. The quantitative estimate of drug-likeness (QED) is 0.736. The highest BCUT2D eigenvalue weighted by Gasteiger charge is 2.38. The van der Waals surface area contributed by atoms with Crippen LogP contribution in [0.1, 0.15) is 0 Å². The molecule has 0 saturated carbocycles. The average molecular weight is 327 g/mol. The van der Waals surface area contributed by atoms with Crippen LogP contribution in [0, 0.1) is 0 Å². The smallest absolute Gasteiger partial charge is 0.228 e. The molecule has 1 aromatic heterocycles. The lowest BCUT2D eigenvalue weighted by Crippen LogP contribution is -2.37. The second-order valence-electron chi connectivity index (χ2n) is 5.67. The van der Waals surface area contributed by atoms with E-state index in [-0.39, 0.29) is 12.2 Å². The largest absolute Gasteiger partial charge is 0.378 e. The third-order valence-electron chi connectivity index (χ3n) is 4.25. The van der Waals surface area contributed by atoms with E-state index in [1.54, 1.807) is 0 Å². The monoisotopic (exact) mass is 326 g/mol. The normalized spacial score (nSPS) is 28.8. The van der Waals surface area contributed by atoms with Gasteiger partial charge in [-0.1, -0.05) is 11.6 Å². The van der Waals surface area contributed by atoms with Crippen LogP contribution < -0.4 is 9.80 Å². The number of aromatic nitrogens is 2. The Morgan fingerprint density at radius 1 is 0.955 bits per heavy atom. The molecule has 22 heavy (non-hydrogen) atoms. The van der Waals surface area contributed by atoms with E-state index in [1.165, 1.54) is 0 Å². The first-order valence-corrected chi connectivity index (χ1v) is 8.03. The van der Waals surface area contributed by atoms with Crippen molar-refractivity contribution in [3.8, 4) is 0 Å². The number of fused-ring (bicyclic) bond motifs is 1. The Bertz CT molecular complexity index is 527. The molecule has 4 rings (SSSR count). The Balaban J connectivity index is 1.55. The molecule has 0 radical (unpaired) electrons. The first kappa shape index (κ1) is 14.4. The topological polar surface area (TPSA) is 60.0 Å². The standard InChI is InChI=1S/C14H19ClN4O3/c15-12-7-13(18-1-3-20-4-2-18)17-14(16-12)19-8-10-11(9-19)22-6-5-21-10/h7,10-11H,1-6,8-9H2/t10-,11-/m1/s1. The van der Waals surface area contributed by atoms with Gasteiger partial charge in [0.15, 0.2) is 0 Å². The summed E-state index contributed by atoms with van der Waals surface area (Å²) >= 11 is 6.20. The Hall–Kier alpha value is -1.15. The second kappa shape index (κ2) is 6.16. The van der Waals surface area contributed by atoms with Crippen LogP contribution in [0.15, 0.2) is 6.07 Å². The van der Waals surface area contributed by atoms with Crippen molar-refractivity contribution >= 4 is 23.4 Å². The lowest BCUT2D eigenvalue weighted by molar-refractivity contribution is -0.116. The maximum atomic E-state index is 6.20. The molecule has 7 nitrogen and oxygen atoms in total. The predicted molar refractivity (Wildman–Crippen MR) is 81.8 cm³/mol. The van der Waals surface area contributed by atoms with Gasteiger partial charge in [-0.25, -0.2) is 4.98 Å². The zero-order valence-electron chi connectivity index (χ0n) is 12.3. The van der Waals surface area contributed by atoms with Crippen molar-refractivity contribution in [3.63, 3.8) is 0 Å². The highest BCUT2D eigenvalue weighted by Crippen LogP contribution is 2.27. The minimum absolute atomic E-state index is 0.100. The molecule has 2 atom stereocenters. The second-order valence-corrected chi connectivity index (χ2v) is 6.06. The number of morpholine rings is 1. The number of hydrogen-bond donors (Lipinski definition) is 0. The van der Waals surface area contributed by atoms with Crippen LogP contribution in [0.5, 0.6) is 0 Å². The first-order valence-electron chi connectivity index (χ1n) is 7.65. The summed E-state index contributed by atoms with van der Waals surface area (Å²) in [5, 5.41) is 0.461. The summed E-state index contributed by atoms with van der Waals surface area (Å²) in [6.45, 7) is 5.88. The highest BCUT2D eigenvalue weighted by molar-refractivity contribution is 6.29. The zero-order chi connectivity index (χ0) is 14.9. The predicted octanol–water partition coefficient (Wildman–Crippen LogP) is 0.571. The summed E-state index contributed by atoms with van der Waals surface area (Å²) < 4.78 is 16.9. The summed E-state index contributed by atoms with van der Waals surface area (Å²) in [4.78, 5) is 13.3. The van der Waals surface area contributed by atoms with Gasteiger partial charge in [0.25, 0.3) is 0 Å². The van der Waals surface area contributed by atoms with Crippen LogP contribution in [-0.4, -0.2) is 74.8 Å². The molecule has 3 aliphatic heterocycles. The average Bonchev–Trinajstić information content (AvgIpc) is 2.99. The van der Waals surface area contributed by atoms with E-state index in [1.807, 2.05) is 6.07 Å². The number of anilines is 2. The fourth-order valence-electron chi connectivity index (χ4n) is 3.12. The van der Waals surface area contributed by atoms with E-state index >= 15 is 0 Å². The van der Waals surface area contributed by atoms with E-state index in [0.29, 0.717) is 37.5 Å². The molecule has 0 unspecified atom stereocenters. The lowest BCUT2D eigenvalue weighted by atomic mass is 10.2. The molecule has 3 fully saturated rings. The van der Waals surface area contributed by atoms with Gasteiger partial charge >= 0.3 is 0 Å². The van der Waals surface area contributed by atoms with Crippen LogP contribution >= 0.6 is 11.6 Å². The molecule has 8 heteroatoms. The third kappa shape index (κ3) is 2.86. The molecule has 3 aliphatic rings. The lowest BCUT2D eigenvalue weighted by Gasteiger charge is -2.28. The van der Waals surface area contributed by atoms with Gasteiger partial charge in [-0.3, -0.25) is 0 Å². The molecule has 3 saturated heterocycles. The van der Waals surface area contributed by atoms with Crippen molar-refractivity contribution in [2.45, 2.75) is 12.2 Å². The molecule has 0 amide bonds. The molecule has 4 heterocycles. The number of rotatable bonds is 2. The molecule has 0 N–H and O–H groups in total. The fourth-order valence-corrected chi connectivity index (χ4v) is 3.29. The van der Waals surface area contributed by atoms with Crippen molar-refractivity contribution < 1.29 is 14.2 Å². The highest BCUT2D eigenvalue weighted by atomic mass is 35.5. The maximum absolute atomic E-state index is 6.20.